The van der Waals surface area contributed by atoms with Crippen LogP contribution in [0.1, 0.15) is 57.2 Å². The van der Waals surface area contributed by atoms with Crippen LogP contribution in [0.3, 0.4) is 0 Å². The average Bonchev–Trinajstić information content (AvgIpc) is 3.02. The topological polar surface area (TPSA) is 67.4 Å². The maximum absolute atomic E-state index is 11.9. The molecular formula is C25H30N2O3. The van der Waals surface area contributed by atoms with Crippen molar-refractivity contribution >= 4 is 11.9 Å². The molecule has 5 nitrogen and oxygen atoms in total. The fourth-order valence-corrected chi connectivity index (χ4v) is 4.70. The summed E-state index contributed by atoms with van der Waals surface area (Å²) in [5.74, 6) is 0.515. The Morgan fingerprint density at radius 2 is 1.67 bits per heavy atom. The number of urea groups is 1. The molecule has 1 aliphatic carbocycles. The van der Waals surface area contributed by atoms with Gasteiger partial charge in [0.2, 0.25) is 0 Å². The zero-order valence-electron chi connectivity index (χ0n) is 18.4. The Morgan fingerprint density at radius 1 is 0.967 bits per heavy atom. The molecular weight excluding hydrogens is 376 g/mol. The van der Waals surface area contributed by atoms with Crippen molar-refractivity contribution in [3.8, 4) is 16.9 Å². The van der Waals surface area contributed by atoms with E-state index in [1.807, 2.05) is 12.1 Å². The summed E-state index contributed by atoms with van der Waals surface area (Å²) in [4.78, 5) is 23.4. The molecule has 0 bridgehead atoms. The van der Waals surface area contributed by atoms with Crippen molar-refractivity contribution in [3.63, 3.8) is 0 Å². The van der Waals surface area contributed by atoms with Gasteiger partial charge in [0.05, 0.1) is 7.11 Å². The number of methoxy groups -OCH3 is 1. The Morgan fingerprint density at radius 3 is 2.30 bits per heavy atom. The smallest absolute Gasteiger partial charge is 0.322 e. The van der Waals surface area contributed by atoms with Gasteiger partial charge in [-0.1, -0.05) is 52.0 Å². The third kappa shape index (κ3) is 3.57. The number of carbonyl (C=O) groups is 2. The lowest BCUT2D eigenvalue weighted by atomic mass is 9.63. The first-order chi connectivity index (χ1) is 14.1. The van der Waals surface area contributed by atoms with Crippen LogP contribution in [0.4, 0.5) is 4.79 Å². The van der Waals surface area contributed by atoms with Crippen molar-refractivity contribution in [2.75, 3.05) is 7.11 Å². The van der Waals surface area contributed by atoms with E-state index >= 15 is 0 Å². The van der Waals surface area contributed by atoms with Gasteiger partial charge in [-0.2, -0.15) is 0 Å². The second-order valence-electron chi connectivity index (χ2n) is 9.78. The van der Waals surface area contributed by atoms with Crippen LogP contribution < -0.4 is 15.4 Å². The molecule has 1 aliphatic heterocycles. The number of ether oxygens (including phenoxy) is 1. The van der Waals surface area contributed by atoms with Crippen molar-refractivity contribution in [1.29, 1.82) is 0 Å². The predicted molar refractivity (Wildman–Crippen MR) is 118 cm³/mol. The maximum atomic E-state index is 11.9. The Balaban J connectivity index is 1.75. The number of amides is 3. The summed E-state index contributed by atoms with van der Waals surface area (Å²) < 4.78 is 5.65. The van der Waals surface area contributed by atoms with Crippen LogP contribution in [0.5, 0.6) is 5.75 Å². The van der Waals surface area contributed by atoms with Crippen LogP contribution in [-0.4, -0.2) is 25.1 Å². The molecule has 158 valence electrons. The second kappa shape index (κ2) is 7.15. The Bertz CT molecular complexity index is 1020. The van der Waals surface area contributed by atoms with Gasteiger partial charge in [-0.25, -0.2) is 4.79 Å². The molecule has 2 aromatic rings. The van der Waals surface area contributed by atoms with Crippen molar-refractivity contribution in [2.45, 2.75) is 63.8 Å². The normalized spacial score (nSPS) is 21.6. The minimum Gasteiger partial charge on any atom is -0.496 e. The highest BCUT2D eigenvalue weighted by Crippen LogP contribution is 2.47. The van der Waals surface area contributed by atoms with Crippen LogP contribution in [-0.2, 0) is 22.0 Å². The molecule has 1 unspecified atom stereocenters. The highest BCUT2D eigenvalue weighted by molar-refractivity contribution is 6.04. The second-order valence-corrected chi connectivity index (χ2v) is 9.78. The number of hydrogen-bond donors (Lipinski definition) is 2. The molecule has 0 saturated carbocycles. The molecule has 0 aromatic heterocycles. The largest absolute Gasteiger partial charge is 0.496 e. The summed E-state index contributed by atoms with van der Waals surface area (Å²) in [6.45, 7) is 9.28. The Kier molecular flexibility index (Phi) is 4.88. The van der Waals surface area contributed by atoms with Gasteiger partial charge >= 0.3 is 6.03 Å². The summed E-state index contributed by atoms with van der Waals surface area (Å²) in [5.41, 5.74) is 6.20. The SMILES string of the molecule is COc1ccc(CC2NC(=O)NC2=O)cc1-c1ccc2c(c1)C(C)(C)CCC2(C)C. The lowest BCUT2D eigenvalue weighted by Crippen LogP contribution is -2.33. The van der Waals surface area contributed by atoms with E-state index in [-0.39, 0.29) is 16.7 Å². The van der Waals surface area contributed by atoms with Crippen molar-refractivity contribution < 1.29 is 14.3 Å². The lowest BCUT2D eigenvalue weighted by Gasteiger charge is -2.42. The van der Waals surface area contributed by atoms with Gasteiger partial charge in [-0.05, 0) is 58.1 Å². The van der Waals surface area contributed by atoms with E-state index in [2.05, 4.69) is 62.6 Å². The molecule has 1 saturated heterocycles. The summed E-state index contributed by atoms with van der Waals surface area (Å²) in [7, 11) is 1.68. The fraction of sp³-hybridized carbons (Fsp3) is 0.440. The molecule has 30 heavy (non-hydrogen) atoms. The van der Waals surface area contributed by atoms with E-state index in [4.69, 9.17) is 4.74 Å². The minimum atomic E-state index is -0.540. The number of fused-ring (bicyclic) bond motifs is 1. The quantitative estimate of drug-likeness (QED) is 0.737. The van der Waals surface area contributed by atoms with Gasteiger partial charge in [0.1, 0.15) is 11.8 Å². The van der Waals surface area contributed by atoms with Crippen molar-refractivity contribution in [2.24, 2.45) is 0 Å². The van der Waals surface area contributed by atoms with Crippen molar-refractivity contribution in [3.05, 3.63) is 53.1 Å². The summed E-state index contributed by atoms with van der Waals surface area (Å²) in [5, 5.41) is 4.96. The molecule has 2 N–H and O–H groups in total. The van der Waals surface area contributed by atoms with Crippen molar-refractivity contribution in [1.82, 2.24) is 10.6 Å². The van der Waals surface area contributed by atoms with E-state index in [0.29, 0.717) is 6.42 Å². The monoisotopic (exact) mass is 406 g/mol. The minimum absolute atomic E-state index is 0.123. The molecule has 5 heteroatoms. The lowest BCUT2D eigenvalue weighted by molar-refractivity contribution is -0.120. The molecule has 1 fully saturated rings. The summed E-state index contributed by atoms with van der Waals surface area (Å²) in [6.07, 6.45) is 2.78. The highest BCUT2D eigenvalue weighted by Gasteiger charge is 2.37. The van der Waals surface area contributed by atoms with Gasteiger partial charge in [0.15, 0.2) is 0 Å². The third-order valence-corrected chi connectivity index (χ3v) is 6.73. The summed E-state index contributed by atoms with van der Waals surface area (Å²) >= 11 is 0. The van der Waals surface area contributed by atoms with Gasteiger partial charge in [-0.15, -0.1) is 0 Å². The van der Waals surface area contributed by atoms with Crippen LogP contribution in [0.2, 0.25) is 0 Å². The van der Waals surface area contributed by atoms with Crippen LogP contribution >= 0.6 is 0 Å². The van der Waals surface area contributed by atoms with Crippen LogP contribution in [0, 0.1) is 0 Å². The number of rotatable bonds is 4. The molecule has 0 spiro atoms. The van der Waals surface area contributed by atoms with Gasteiger partial charge < -0.3 is 10.1 Å². The Labute approximate surface area is 178 Å². The fourth-order valence-electron chi connectivity index (χ4n) is 4.70. The first-order valence-corrected chi connectivity index (χ1v) is 10.5. The van der Waals surface area contributed by atoms with E-state index < -0.39 is 12.1 Å². The van der Waals surface area contributed by atoms with E-state index in [9.17, 15) is 9.59 Å². The zero-order valence-corrected chi connectivity index (χ0v) is 18.4. The molecule has 1 atom stereocenters. The number of hydrogen-bond acceptors (Lipinski definition) is 3. The maximum Gasteiger partial charge on any atom is 0.322 e. The first kappa shape index (κ1) is 20.5. The molecule has 0 radical (unpaired) electrons. The number of nitrogens with one attached hydrogen (secondary N) is 2. The van der Waals surface area contributed by atoms with Crippen LogP contribution in [0.15, 0.2) is 36.4 Å². The number of imide groups is 1. The number of benzene rings is 2. The van der Waals surface area contributed by atoms with Gasteiger partial charge in [-0.3, -0.25) is 10.1 Å². The molecule has 2 aliphatic rings. The molecule has 3 amide bonds. The first-order valence-electron chi connectivity index (χ1n) is 10.5. The van der Waals surface area contributed by atoms with Crippen LogP contribution in [0.25, 0.3) is 11.1 Å². The standard InChI is InChI=1S/C25H30N2O3/c1-24(2)10-11-25(3,4)19-14-16(7-8-18(19)24)17-12-15(6-9-21(17)30-5)13-20-22(28)27-23(29)26-20/h6-9,12,14,20H,10-11,13H2,1-5H3,(H2,26,27,28,29). The van der Waals surface area contributed by atoms with E-state index in [0.717, 1.165) is 28.9 Å². The van der Waals surface area contributed by atoms with Gasteiger partial charge in [0.25, 0.3) is 5.91 Å². The average molecular weight is 407 g/mol. The third-order valence-electron chi connectivity index (χ3n) is 6.73. The highest BCUT2D eigenvalue weighted by atomic mass is 16.5. The molecule has 1 heterocycles. The van der Waals surface area contributed by atoms with E-state index in [1.54, 1.807) is 7.11 Å². The predicted octanol–water partition coefficient (Wildman–Crippen LogP) is 4.46. The number of carbonyl (C=O) groups excluding carboxylic acids is 2. The van der Waals surface area contributed by atoms with E-state index in [1.165, 1.54) is 17.5 Å². The molecule has 2 aromatic carbocycles. The zero-order chi connectivity index (χ0) is 21.7. The van der Waals surface area contributed by atoms with Gasteiger partial charge in [0, 0.05) is 12.0 Å². The molecule has 4 rings (SSSR count). The summed E-state index contributed by atoms with van der Waals surface area (Å²) in [6, 6.07) is 11.7. The Hall–Kier alpha value is -2.82.